The van der Waals surface area contributed by atoms with Gasteiger partial charge in [0.25, 0.3) is 0 Å². The lowest BCUT2D eigenvalue weighted by Gasteiger charge is -2.22. The van der Waals surface area contributed by atoms with Crippen LogP contribution in [0.2, 0.25) is 0 Å². The minimum atomic E-state index is -1.01. The molecule has 7 heteroatoms. The molecule has 0 saturated heterocycles. The highest BCUT2D eigenvalue weighted by Crippen LogP contribution is 2.38. The van der Waals surface area contributed by atoms with Gasteiger partial charge in [0.1, 0.15) is 6.10 Å². The summed E-state index contributed by atoms with van der Waals surface area (Å²) in [6.45, 7) is 0. The van der Waals surface area contributed by atoms with E-state index in [1.807, 2.05) is 0 Å². The molecule has 1 aliphatic rings. The van der Waals surface area contributed by atoms with Crippen LogP contribution in [0.15, 0.2) is 18.2 Å². The van der Waals surface area contributed by atoms with Crippen LogP contribution in [-0.4, -0.2) is 45.7 Å². The molecule has 1 aromatic carbocycles. The lowest BCUT2D eigenvalue weighted by Crippen LogP contribution is -2.20. The van der Waals surface area contributed by atoms with Gasteiger partial charge < -0.3 is 20.4 Å². The summed E-state index contributed by atoms with van der Waals surface area (Å²) in [7, 11) is 1.00. The fraction of sp³-hybridized carbons (Fsp3) is 0.625. The van der Waals surface area contributed by atoms with Gasteiger partial charge in [-0.15, -0.1) is 0 Å². The molecule has 0 radical (unpaired) electrons. The lowest BCUT2D eigenvalue weighted by molar-refractivity contribution is -0.137. The maximum Gasteiger partial charge on any atom is 0.303 e. The fourth-order valence-corrected chi connectivity index (χ4v) is 4.13. The number of carbonyl (C=O) groups is 1. The molecule has 0 bridgehead atoms. The van der Waals surface area contributed by atoms with E-state index in [1.54, 1.807) is 0 Å². The minimum Gasteiger partial charge on any atom is -0.481 e. The van der Waals surface area contributed by atoms with Crippen LogP contribution >= 0.6 is 0 Å². The number of rotatable bonds is 10. The number of hydrogen-bond donors (Lipinski definition) is 4. The van der Waals surface area contributed by atoms with Gasteiger partial charge in [-0.25, -0.2) is 8.78 Å². The van der Waals surface area contributed by atoms with Gasteiger partial charge in [-0.2, -0.15) is 0 Å². The van der Waals surface area contributed by atoms with Gasteiger partial charge in [-0.3, -0.25) is 4.79 Å². The van der Waals surface area contributed by atoms with E-state index in [1.165, 1.54) is 12.1 Å². The molecule has 1 saturated carbocycles. The number of hydrogen-bond acceptors (Lipinski definition) is 4. The number of carboxylic acid groups (broad SMARTS) is 1. The summed E-state index contributed by atoms with van der Waals surface area (Å²) >= 11 is 0. The Morgan fingerprint density at radius 2 is 1.84 bits per heavy atom. The fourth-order valence-electron chi connectivity index (χ4n) is 4.13. The summed E-state index contributed by atoms with van der Waals surface area (Å²) in [5.74, 6) is 2.86. The number of aliphatic hydroxyl groups excluding tert-OH is 3. The number of carboxylic acids is 1. The summed E-state index contributed by atoms with van der Waals surface area (Å²) in [6, 6.07) is 3.77. The van der Waals surface area contributed by atoms with Crippen LogP contribution in [0.25, 0.3) is 0 Å². The quantitative estimate of drug-likeness (QED) is 0.327. The molecule has 0 heterocycles. The number of aliphatic carboxylic acids is 1. The molecule has 0 aliphatic heterocycles. The first-order chi connectivity index (χ1) is 14.9. The van der Waals surface area contributed by atoms with Crippen molar-refractivity contribution in [2.24, 2.45) is 11.8 Å². The molecule has 0 amide bonds. The third-order valence-corrected chi connectivity index (χ3v) is 5.75. The first kappa shape index (κ1) is 27.0. The van der Waals surface area contributed by atoms with Gasteiger partial charge in [0.05, 0.1) is 11.7 Å². The molecule has 4 atom stereocenters. The molecule has 0 spiro atoms. The zero-order valence-corrected chi connectivity index (χ0v) is 18.1. The predicted molar refractivity (Wildman–Crippen MR) is 114 cm³/mol. The van der Waals surface area contributed by atoms with Gasteiger partial charge in [-0.05, 0) is 62.5 Å². The average molecular weight is 441 g/mol. The van der Waals surface area contributed by atoms with E-state index in [9.17, 15) is 23.8 Å². The minimum absolute atomic E-state index is 0.0684. The highest BCUT2D eigenvalue weighted by Gasteiger charge is 2.34. The Kier molecular flexibility index (Phi) is 13.0. The van der Waals surface area contributed by atoms with Crippen molar-refractivity contribution < 1.29 is 34.0 Å². The van der Waals surface area contributed by atoms with Gasteiger partial charge in [0.2, 0.25) is 0 Å². The molecule has 31 heavy (non-hydrogen) atoms. The Bertz CT molecular complexity index is 728. The monoisotopic (exact) mass is 440 g/mol. The van der Waals surface area contributed by atoms with Crippen molar-refractivity contribution in [1.29, 1.82) is 0 Å². The third-order valence-electron chi connectivity index (χ3n) is 5.75. The Hall–Kier alpha value is -2.01. The molecule has 4 N–H and O–H groups in total. The number of aliphatic hydroxyl groups is 3. The Balaban J connectivity index is 0.00000233. The summed E-state index contributed by atoms with van der Waals surface area (Å²) in [6.07, 6.45) is 6.13. The lowest BCUT2D eigenvalue weighted by atomic mass is 9.85. The van der Waals surface area contributed by atoms with E-state index in [0.717, 1.165) is 58.1 Å². The van der Waals surface area contributed by atoms with Gasteiger partial charge >= 0.3 is 5.97 Å². The third kappa shape index (κ3) is 9.77. The molecule has 0 aromatic heterocycles. The predicted octanol–water partition coefficient (Wildman–Crippen LogP) is 3.88. The molecule has 1 aromatic rings. The topological polar surface area (TPSA) is 98.0 Å². The Morgan fingerprint density at radius 1 is 1.13 bits per heavy atom. The second kappa shape index (κ2) is 14.9. The van der Waals surface area contributed by atoms with Crippen LogP contribution in [0.5, 0.6) is 0 Å². The molecule has 2 rings (SSSR count). The van der Waals surface area contributed by atoms with E-state index < -0.39 is 23.7 Å². The second-order valence-corrected chi connectivity index (χ2v) is 7.88. The van der Waals surface area contributed by atoms with Crippen molar-refractivity contribution >= 4 is 5.97 Å². The van der Waals surface area contributed by atoms with Crippen molar-refractivity contribution in [2.75, 3.05) is 7.11 Å². The standard InChI is InChI=1S/C23H30F2O4.CH4O/c24-20-8-5-6-17(23(20)25)11-14-18(26)13-10-16-12-15-21(27)19(16)7-3-1-2-4-9-22(28)29;1-2/h5-6,8,16,18-19,21,26-27H,1-4,7,9-10,12-13,15H2,(H,28,29);2H,1H3/t16-,18?,19+,21-;/m0./s1. The second-order valence-electron chi connectivity index (χ2n) is 7.88. The van der Waals surface area contributed by atoms with E-state index in [-0.39, 0.29) is 24.0 Å². The van der Waals surface area contributed by atoms with Crippen molar-refractivity contribution in [1.82, 2.24) is 0 Å². The van der Waals surface area contributed by atoms with Crippen LogP contribution in [0, 0.1) is 35.3 Å². The van der Waals surface area contributed by atoms with Crippen LogP contribution in [0.3, 0.4) is 0 Å². The smallest absolute Gasteiger partial charge is 0.303 e. The molecule has 1 aliphatic carbocycles. The highest BCUT2D eigenvalue weighted by molar-refractivity contribution is 5.66. The number of unbranched alkanes of at least 4 members (excludes halogenated alkanes) is 3. The van der Waals surface area contributed by atoms with Crippen molar-refractivity contribution in [3.63, 3.8) is 0 Å². The van der Waals surface area contributed by atoms with Crippen LogP contribution < -0.4 is 0 Å². The maximum atomic E-state index is 13.6. The van der Waals surface area contributed by atoms with Crippen molar-refractivity contribution in [3.8, 4) is 11.8 Å². The van der Waals surface area contributed by atoms with E-state index in [4.69, 9.17) is 10.2 Å². The first-order valence-corrected chi connectivity index (χ1v) is 10.9. The number of benzene rings is 1. The van der Waals surface area contributed by atoms with Crippen molar-refractivity contribution in [2.45, 2.75) is 76.4 Å². The molecule has 1 unspecified atom stereocenters. The van der Waals surface area contributed by atoms with E-state index >= 15 is 0 Å². The number of halogens is 2. The summed E-state index contributed by atoms with van der Waals surface area (Å²) in [4.78, 5) is 10.5. The zero-order chi connectivity index (χ0) is 23.2. The van der Waals surface area contributed by atoms with Crippen LogP contribution in [0.4, 0.5) is 8.78 Å². The van der Waals surface area contributed by atoms with Gasteiger partial charge in [0, 0.05) is 13.5 Å². The Labute approximate surface area is 183 Å². The zero-order valence-electron chi connectivity index (χ0n) is 18.1. The van der Waals surface area contributed by atoms with E-state index in [2.05, 4.69) is 11.8 Å². The van der Waals surface area contributed by atoms with Gasteiger partial charge in [-0.1, -0.05) is 37.2 Å². The van der Waals surface area contributed by atoms with Gasteiger partial charge in [0.15, 0.2) is 11.6 Å². The summed E-state index contributed by atoms with van der Waals surface area (Å²) in [5.41, 5.74) is -0.0684. The maximum absolute atomic E-state index is 13.6. The average Bonchev–Trinajstić information content (AvgIpc) is 3.10. The molecule has 1 fully saturated rings. The van der Waals surface area contributed by atoms with Crippen LogP contribution in [-0.2, 0) is 4.79 Å². The molecule has 174 valence electrons. The highest BCUT2D eigenvalue weighted by atomic mass is 19.2. The molecular formula is C24H34F2O5. The summed E-state index contributed by atoms with van der Waals surface area (Å²) in [5, 5.41) is 36.0. The largest absolute Gasteiger partial charge is 0.481 e. The first-order valence-electron chi connectivity index (χ1n) is 10.9. The molecule has 5 nitrogen and oxygen atoms in total. The van der Waals surface area contributed by atoms with Crippen molar-refractivity contribution in [3.05, 3.63) is 35.4 Å². The summed E-state index contributed by atoms with van der Waals surface area (Å²) < 4.78 is 26.8. The Morgan fingerprint density at radius 3 is 2.55 bits per heavy atom. The molecular weight excluding hydrogens is 406 g/mol. The van der Waals surface area contributed by atoms with E-state index in [0.29, 0.717) is 18.8 Å². The normalized spacial score (nSPS) is 20.9. The van der Waals surface area contributed by atoms with Crippen LogP contribution in [0.1, 0.15) is 69.8 Å². The SMILES string of the molecule is CO.O=C(O)CCCCCC[C@@H]1[C@@H](CCC(O)C#Cc2cccc(F)c2F)CC[C@@H]1O.